The van der Waals surface area contributed by atoms with Crippen LogP contribution < -0.4 is 10.6 Å². The summed E-state index contributed by atoms with van der Waals surface area (Å²) in [5.74, 6) is 0. The molecule has 3 rings (SSSR count). The Balaban J connectivity index is 1.58. The minimum Gasteiger partial charge on any atom is -0.334 e. The fourth-order valence-corrected chi connectivity index (χ4v) is 4.17. The predicted octanol–water partition coefficient (Wildman–Crippen LogP) is 2.19. The molecule has 0 bridgehead atoms. The Kier molecular flexibility index (Phi) is 5.30. The maximum atomic E-state index is 12.4. The van der Waals surface area contributed by atoms with Crippen LogP contribution in [-0.2, 0) is 16.6 Å². The number of carbonyl (C=O) groups excluding carboxylic acids is 1. The zero-order valence-corrected chi connectivity index (χ0v) is 14.5. The molecule has 0 saturated carbocycles. The van der Waals surface area contributed by atoms with E-state index in [0.717, 1.165) is 18.4 Å². The van der Waals surface area contributed by atoms with Gasteiger partial charge in [-0.15, -0.1) is 0 Å². The van der Waals surface area contributed by atoms with E-state index in [2.05, 4.69) is 15.6 Å². The second-order valence-corrected chi connectivity index (χ2v) is 7.74. The van der Waals surface area contributed by atoms with Gasteiger partial charge in [0.2, 0.25) is 10.0 Å². The van der Waals surface area contributed by atoms with Crippen molar-refractivity contribution in [3.63, 3.8) is 0 Å². The van der Waals surface area contributed by atoms with Crippen molar-refractivity contribution in [1.29, 1.82) is 0 Å². The van der Waals surface area contributed by atoms with Crippen LogP contribution in [-0.4, -0.2) is 36.8 Å². The van der Waals surface area contributed by atoms with Gasteiger partial charge in [-0.3, -0.25) is 4.98 Å². The number of sulfonamides is 1. The van der Waals surface area contributed by atoms with Crippen molar-refractivity contribution in [2.75, 3.05) is 18.4 Å². The molecule has 2 N–H and O–H groups in total. The first-order chi connectivity index (χ1) is 12.1. The van der Waals surface area contributed by atoms with Crippen LogP contribution in [0.3, 0.4) is 0 Å². The average molecular weight is 360 g/mol. The number of aromatic nitrogens is 1. The highest BCUT2D eigenvalue weighted by atomic mass is 32.2. The molecule has 1 aliphatic heterocycles. The molecule has 0 aliphatic carbocycles. The second kappa shape index (κ2) is 7.62. The summed E-state index contributed by atoms with van der Waals surface area (Å²) < 4.78 is 26.4. The third-order valence-corrected chi connectivity index (χ3v) is 5.90. The van der Waals surface area contributed by atoms with Crippen molar-refractivity contribution < 1.29 is 13.2 Å². The Morgan fingerprint density at radius 1 is 1.12 bits per heavy atom. The van der Waals surface area contributed by atoms with Crippen molar-refractivity contribution in [3.8, 4) is 0 Å². The molecular formula is C17H20N4O3S. The zero-order chi connectivity index (χ0) is 17.7. The van der Waals surface area contributed by atoms with Crippen LogP contribution in [0.2, 0.25) is 0 Å². The standard InChI is InChI=1S/C17H20N4O3S/c22-17(19-13-14-4-3-9-18-12-14)20-15-5-7-16(8-6-15)25(23,24)21-10-1-2-11-21/h3-9,12H,1-2,10-11,13H2,(H2,19,20,22). The number of pyridine rings is 1. The van der Waals surface area contributed by atoms with Crippen molar-refractivity contribution in [3.05, 3.63) is 54.4 Å². The summed E-state index contributed by atoms with van der Waals surface area (Å²) in [6.07, 6.45) is 5.14. The van der Waals surface area contributed by atoms with Crippen LogP contribution in [0.5, 0.6) is 0 Å². The summed E-state index contributed by atoms with van der Waals surface area (Å²) in [5.41, 5.74) is 1.42. The Bertz CT molecular complexity index is 817. The van der Waals surface area contributed by atoms with Gasteiger partial charge in [-0.2, -0.15) is 4.31 Å². The summed E-state index contributed by atoms with van der Waals surface area (Å²) in [5, 5.41) is 5.40. The number of nitrogens with zero attached hydrogens (tertiary/aromatic N) is 2. The van der Waals surface area contributed by atoms with Gasteiger partial charge in [-0.1, -0.05) is 6.07 Å². The number of rotatable bonds is 5. The highest BCUT2D eigenvalue weighted by Gasteiger charge is 2.26. The summed E-state index contributed by atoms with van der Waals surface area (Å²) >= 11 is 0. The van der Waals surface area contributed by atoms with E-state index in [-0.39, 0.29) is 10.9 Å². The van der Waals surface area contributed by atoms with E-state index in [4.69, 9.17) is 0 Å². The predicted molar refractivity (Wildman–Crippen MR) is 94.5 cm³/mol. The first-order valence-corrected chi connectivity index (χ1v) is 9.54. The van der Waals surface area contributed by atoms with E-state index in [1.807, 2.05) is 6.07 Å². The van der Waals surface area contributed by atoms with Crippen LogP contribution in [0.4, 0.5) is 10.5 Å². The third-order valence-electron chi connectivity index (χ3n) is 3.99. The number of benzene rings is 1. The van der Waals surface area contributed by atoms with Crippen LogP contribution in [0, 0.1) is 0 Å². The average Bonchev–Trinajstić information content (AvgIpc) is 3.17. The molecule has 2 aromatic rings. The van der Waals surface area contributed by atoms with Gasteiger partial charge in [0.25, 0.3) is 0 Å². The summed E-state index contributed by atoms with van der Waals surface area (Å²) in [7, 11) is -3.43. The van der Waals surface area contributed by atoms with Crippen LogP contribution in [0.15, 0.2) is 53.7 Å². The van der Waals surface area contributed by atoms with E-state index < -0.39 is 10.0 Å². The van der Waals surface area contributed by atoms with E-state index in [0.29, 0.717) is 25.3 Å². The molecule has 25 heavy (non-hydrogen) atoms. The molecule has 1 aromatic carbocycles. The Morgan fingerprint density at radius 2 is 1.84 bits per heavy atom. The number of amides is 2. The van der Waals surface area contributed by atoms with Crippen molar-refractivity contribution in [1.82, 2.24) is 14.6 Å². The van der Waals surface area contributed by atoms with E-state index in [1.54, 1.807) is 30.6 Å². The lowest BCUT2D eigenvalue weighted by Crippen LogP contribution is -2.29. The van der Waals surface area contributed by atoms with Crippen molar-refractivity contribution in [2.45, 2.75) is 24.3 Å². The lowest BCUT2D eigenvalue weighted by atomic mass is 10.3. The lowest BCUT2D eigenvalue weighted by molar-refractivity contribution is 0.251. The maximum Gasteiger partial charge on any atom is 0.319 e. The van der Waals surface area contributed by atoms with Gasteiger partial charge in [0, 0.05) is 37.7 Å². The molecular weight excluding hydrogens is 340 g/mol. The molecule has 1 fully saturated rings. The Morgan fingerprint density at radius 3 is 2.48 bits per heavy atom. The second-order valence-electron chi connectivity index (χ2n) is 5.80. The monoisotopic (exact) mass is 360 g/mol. The molecule has 0 spiro atoms. The number of urea groups is 1. The van der Waals surface area contributed by atoms with Gasteiger partial charge < -0.3 is 10.6 Å². The molecule has 0 unspecified atom stereocenters. The number of hydrogen-bond acceptors (Lipinski definition) is 4. The fourth-order valence-electron chi connectivity index (χ4n) is 2.65. The molecule has 2 heterocycles. The van der Waals surface area contributed by atoms with Gasteiger partial charge in [-0.25, -0.2) is 13.2 Å². The molecule has 7 nitrogen and oxygen atoms in total. The minimum absolute atomic E-state index is 0.246. The highest BCUT2D eigenvalue weighted by molar-refractivity contribution is 7.89. The van der Waals surface area contributed by atoms with Crippen molar-refractivity contribution in [2.24, 2.45) is 0 Å². The smallest absolute Gasteiger partial charge is 0.319 e. The molecule has 2 amide bonds. The number of carbonyl (C=O) groups is 1. The SMILES string of the molecule is O=C(NCc1cccnc1)Nc1ccc(S(=O)(=O)N2CCCC2)cc1. The van der Waals surface area contributed by atoms with Crippen molar-refractivity contribution >= 4 is 21.7 Å². The van der Waals surface area contributed by atoms with Crippen LogP contribution >= 0.6 is 0 Å². The summed E-state index contributed by atoms with van der Waals surface area (Å²) in [4.78, 5) is 16.1. The summed E-state index contributed by atoms with van der Waals surface area (Å²) in [6.45, 7) is 1.50. The lowest BCUT2D eigenvalue weighted by Gasteiger charge is -2.15. The Hall–Kier alpha value is -2.45. The van der Waals surface area contributed by atoms with Gasteiger partial charge in [-0.05, 0) is 48.7 Å². The molecule has 0 radical (unpaired) electrons. The molecule has 8 heteroatoms. The first-order valence-electron chi connectivity index (χ1n) is 8.10. The molecule has 1 aromatic heterocycles. The van der Waals surface area contributed by atoms with Crippen LogP contribution in [0.1, 0.15) is 18.4 Å². The van der Waals surface area contributed by atoms with Gasteiger partial charge in [0.15, 0.2) is 0 Å². The third kappa shape index (κ3) is 4.34. The van der Waals surface area contributed by atoms with Gasteiger partial charge >= 0.3 is 6.03 Å². The number of hydrogen-bond donors (Lipinski definition) is 2. The zero-order valence-electron chi connectivity index (χ0n) is 13.7. The first kappa shape index (κ1) is 17.4. The largest absolute Gasteiger partial charge is 0.334 e. The van der Waals surface area contributed by atoms with E-state index in [9.17, 15) is 13.2 Å². The fraction of sp³-hybridized carbons (Fsp3) is 0.294. The van der Waals surface area contributed by atoms with Gasteiger partial charge in [0.05, 0.1) is 4.90 Å². The molecule has 1 saturated heterocycles. The maximum absolute atomic E-state index is 12.4. The van der Waals surface area contributed by atoms with Crippen LogP contribution in [0.25, 0.3) is 0 Å². The van der Waals surface area contributed by atoms with E-state index in [1.165, 1.54) is 16.4 Å². The van der Waals surface area contributed by atoms with E-state index >= 15 is 0 Å². The Labute approximate surface area is 147 Å². The molecule has 1 aliphatic rings. The topological polar surface area (TPSA) is 91.4 Å². The highest BCUT2D eigenvalue weighted by Crippen LogP contribution is 2.22. The summed E-state index contributed by atoms with van der Waals surface area (Å²) in [6, 6.07) is 9.52. The quantitative estimate of drug-likeness (QED) is 0.855. The minimum atomic E-state index is -3.43. The number of nitrogens with one attached hydrogen (secondary N) is 2. The van der Waals surface area contributed by atoms with Gasteiger partial charge in [0.1, 0.15) is 0 Å². The number of anilines is 1. The molecule has 0 atom stereocenters. The molecule has 132 valence electrons. The normalized spacial score (nSPS) is 15.0.